The number of nitrogens with two attached hydrogens (primary N) is 1. The summed E-state index contributed by atoms with van der Waals surface area (Å²) >= 11 is 1.87. The number of thioether (sulfide) groups is 1. The number of anilines is 1. The predicted octanol–water partition coefficient (Wildman–Crippen LogP) is 1.57. The fraction of sp³-hybridized carbons (Fsp3) is 0.538. The molecule has 1 heterocycles. The molecule has 0 aromatic heterocycles. The molecule has 17 heavy (non-hydrogen) atoms. The first-order valence-electron chi connectivity index (χ1n) is 6.18. The number of hydrogen-bond donors (Lipinski definition) is 2. The van der Waals surface area contributed by atoms with Crippen molar-refractivity contribution < 1.29 is 0 Å². The maximum absolute atomic E-state index is 5.96. The van der Waals surface area contributed by atoms with Gasteiger partial charge in [-0.05, 0) is 24.6 Å². The van der Waals surface area contributed by atoms with E-state index in [1.54, 1.807) is 0 Å². The first kappa shape index (κ1) is 12.7. The number of rotatable bonds is 4. The predicted molar refractivity (Wildman–Crippen MR) is 75.6 cm³/mol. The average molecular weight is 251 g/mol. The monoisotopic (exact) mass is 251 g/mol. The van der Waals surface area contributed by atoms with Gasteiger partial charge in [-0.15, -0.1) is 11.8 Å². The minimum Gasteiger partial charge on any atom is -0.398 e. The lowest BCUT2D eigenvalue weighted by molar-refractivity contribution is 0.255. The molecule has 3 N–H and O–H groups in total. The third-order valence-corrected chi connectivity index (χ3v) is 4.10. The lowest BCUT2D eigenvalue weighted by Gasteiger charge is -2.26. The molecule has 0 unspecified atom stereocenters. The van der Waals surface area contributed by atoms with Crippen LogP contribution in [0.3, 0.4) is 0 Å². The van der Waals surface area contributed by atoms with E-state index in [4.69, 9.17) is 5.73 Å². The van der Waals surface area contributed by atoms with Crippen LogP contribution < -0.4 is 11.1 Å². The Hall–Kier alpha value is -0.710. The molecule has 3 nitrogen and oxygen atoms in total. The average Bonchev–Trinajstić information content (AvgIpc) is 2.35. The van der Waals surface area contributed by atoms with E-state index in [1.807, 2.05) is 17.8 Å². The molecule has 0 atom stereocenters. The number of nitrogens with one attached hydrogen (secondary N) is 1. The van der Waals surface area contributed by atoms with Crippen molar-refractivity contribution in [2.24, 2.45) is 0 Å². The summed E-state index contributed by atoms with van der Waals surface area (Å²) in [6, 6.07) is 6.25. The smallest absolute Gasteiger partial charge is 0.0452 e. The van der Waals surface area contributed by atoms with E-state index in [9.17, 15) is 0 Å². The lowest BCUT2D eigenvalue weighted by Crippen LogP contribution is -2.44. The second-order valence-electron chi connectivity index (χ2n) is 4.48. The summed E-state index contributed by atoms with van der Waals surface area (Å²) in [4.78, 5) is 3.73. The third kappa shape index (κ3) is 3.91. The van der Waals surface area contributed by atoms with Crippen molar-refractivity contribution in [3.8, 4) is 0 Å². The summed E-state index contributed by atoms with van der Waals surface area (Å²) in [6.45, 7) is 7.85. The van der Waals surface area contributed by atoms with E-state index in [0.29, 0.717) is 0 Å². The maximum Gasteiger partial charge on any atom is 0.0452 e. The van der Waals surface area contributed by atoms with Gasteiger partial charge < -0.3 is 11.1 Å². The second-order valence-corrected chi connectivity index (χ2v) is 5.62. The highest BCUT2D eigenvalue weighted by Gasteiger charge is 2.09. The first-order valence-corrected chi connectivity index (χ1v) is 7.16. The normalized spacial score (nSPS) is 17.2. The highest BCUT2D eigenvalue weighted by atomic mass is 32.2. The van der Waals surface area contributed by atoms with Gasteiger partial charge in [0.25, 0.3) is 0 Å². The molecule has 0 spiro atoms. The van der Waals surface area contributed by atoms with Gasteiger partial charge in [-0.3, -0.25) is 4.90 Å². The molecule has 0 aliphatic carbocycles. The Kier molecular flexibility index (Phi) is 4.71. The number of piperazine rings is 1. The summed E-state index contributed by atoms with van der Waals surface area (Å²) in [7, 11) is 0. The Balaban J connectivity index is 1.79. The van der Waals surface area contributed by atoms with Gasteiger partial charge in [0.2, 0.25) is 0 Å². The van der Waals surface area contributed by atoms with E-state index < -0.39 is 0 Å². The van der Waals surface area contributed by atoms with E-state index in [2.05, 4.69) is 29.3 Å². The molecule has 1 fully saturated rings. The number of aryl methyl sites for hydroxylation is 1. The molecule has 0 bridgehead atoms. The zero-order valence-electron chi connectivity index (χ0n) is 10.4. The Labute approximate surface area is 108 Å². The van der Waals surface area contributed by atoms with Gasteiger partial charge in [0.1, 0.15) is 0 Å². The number of benzene rings is 1. The Bertz CT molecular complexity index is 362. The van der Waals surface area contributed by atoms with Crippen LogP contribution in [-0.2, 0) is 0 Å². The van der Waals surface area contributed by atoms with Crippen LogP contribution in [0.4, 0.5) is 5.69 Å². The fourth-order valence-electron chi connectivity index (χ4n) is 1.99. The standard InChI is InChI=1S/C13H21N3S/c1-11-2-3-12(14)13(10-11)17-9-8-16-6-4-15-5-7-16/h2-3,10,15H,4-9,14H2,1H3. The molecular formula is C13H21N3S. The quantitative estimate of drug-likeness (QED) is 0.630. The van der Waals surface area contributed by atoms with Crippen LogP contribution in [0.5, 0.6) is 0 Å². The van der Waals surface area contributed by atoms with Gasteiger partial charge in [-0.25, -0.2) is 0 Å². The molecule has 94 valence electrons. The summed E-state index contributed by atoms with van der Waals surface area (Å²) in [5.74, 6) is 1.12. The van der Waals surface area contributed by atoms with Gasteiger partial charge in [0.15, 0.2) is 0 Å². The SMILES string of the molecule is Cc1ccc(N)c(SCCN2CCNCC2)c1. The zero-order valence-corrected chi connectivity index (χ0v) is 11.2. The Morgan fingerprint density at radius 2 is 2.12 bits per heavy atom. The molecule has 1 aromatic carbocycles. The molecule has 2 rings (SSSR count). The number of hydrogen-bond acceptors (Lipinski definition) is 4. The number of nitrogens with zero attached hydrogens (tertiary/aromatic N) is 1. The van der Waals surface area contributed by atoms with E-state index in [1.165, 1.54) is 23.5 Å². The summed E-state index contributed by atoms with van der Waals surface area (Å²) in [6.07, 6.45) is 0. The van der Waals surface area contributed by atoms with Crippen molar-refractivity contribution in [3.63, 3.8) is 0 Å². The molecular weight excluding hydrogens is 230 g/mol. The maximum atomic E-state index is 5.96. The van der Waals surface area contributed by atoms with Crippen molar-refractivity contribution in [2.75, 3.05) is 44.2 Å². The van der Waals surface area contributed by atoms with Crippen molar-refractivity contribution in [1.29, 1.82) is 0 Å². The van der Waals surface area contributed by atoms with Gasteiger partial charge in [0, 0.05) is 49.1 Å². The van der Waals surface area contributed by atoms with Crippen molar-refractivity contribution in [3.05, 3.63) is 23.8 Å². The van der Waals surface area contributed by atoms with E-state index >= 15 is 0 Å². The van der Waals surface area contributed by atoms with E-state index in [-0.39, 0.29) is 0 Å². The topological polar surface area (TPSA) is 41.3 Å². The van der Waals surface area contributed by atoms with Crippen LogP contribution in [0.1, 0.15) is 5.56 Å². The fourth-order valence-corrected chi connectivity index (χ4v) is 3.06. The van der Waals surface area contributed by atoms with Crippen molar-refractivity contribution >= 4 is 17.4 Å². The van der Waals surface area contributed by atoms with Crippen LogP contribution in [0.25, 0.3) is 0 Å². The van der Waals surface area contributed by atoms with Gasteiger partial charge in [0.05, 0.1) is 0 Å². The second kappa shape index (κ2) is 6.28. The zero-order chi connectivity index (χ0) is 12.1. The molecule has 1 aliphatic rings. The minimum atomic E-state index is 0.904. The van der Waals surface area contributed by atoms with Crippen LogP contribution in [0, 0.1) is 6.92 Å². The van der Waals surface area contributed by atoms with Crippen LogP contribution in [0.2, 0.25) is 0 Å². The summed E-state index contributed by atoms with van der Waals surface area (Å²) in [5, 5.41) is 3.37. The van der Waals surface area contributed by atoms with Crippen LogP contribution in [0.15, 0.2) is 23.1 Å². The van der Waals surface area contributed by atoms with Gasteiger partial charge in [-0.2, -0.15) is 0 Å². The minimum absolute atomic E-state index is 0.904. The molecule has 4 heteroatoms. The van der Waals surface area contributed by atoms with Crippen LogP contribution in [-0.4, -0.2) is 43.4 Å². The van der Waals surface area contributed by atoms with Crippen molar-refractivity contribution in [2.45, 2.75) is 11.8 Å². The van der Waals surface area contributed by atoms with Crippen LogP contribution >= 0.6 is 11.8 Å². The third-order valence-electron chi connectivity index (χ3n) is 3.04. The molecule has 1 saturated heterocycles. The summed E-state index contributed by atoms with van der Waals surface area (Å²) in [5.41, 5.74) is 8.15. The summed E-state index contributed by atoms with van der Waals surface area (Å²) < 4.78 is 0. The number of nitrogen functional groups attached to an aromatic ring is 1. The van der Waals surface area contributed by atoms with Gasteiger partial charge in [-0.1, -0.05) is 6.07 Å². The molecule has 1 aromatic rings. The Morgan fingerprint density at radius 1 is 1.35 bits per heavy atom. The van der Waals surface area contributed by atoms with Crippen molar-refractivity contribution in [1.82, 2.24) is 10.2 Å². The molecule has 0 amide bonds. The first-order chi connectivity index (χ1) is 8.25. The van der Waals surface area contributed by atoms with E-state index in [0.717, 1.165) is 31.1 Å². The highest BCUT2D eigenvalue weighted by molar-refractivity contribution is 7.99. The molecule has 0 radical (unpaired) electrons. The van der Waals surface area contributed by atoms with Gasteiger partial charge >= 0.3 is 0 Å². The molecule has 1 aliphatic heterocycles. The Morgan fingerprint density at radius 3 is 2.88 bits per heavy atom. The molecule has 0 saturated carbocycles. The highest BCUT2D eigenvalue weighted by Crippen LogP contribution is 2.25. The lowest BCUT2D eigenvalue weighted by atomic mass is 10.2. The largest absolute Gasteiger partial charge is 0.398 e.